The van der Waals surface area contributed by atoms with Crippen LogP contribution in [0.2, 0.25) is 0 Å². The summed E-state index contributed by atoms with van der Waals surface area (Å²) in [6.45, 7) is 4.95. The minimum absolute atomic E-state index is 0.0661. The van der Waals surface area contributed by atoms with E-state index < -0.39 is 0 Å². The zero-order valence-electron chi connectivity index (χ0n) is 16.1. The molecule has 0 bridgehead atoms. The number of rotatable bonds is 1. The first-order chi connectivity index (χ1) is 11.9. The highest BCUT2D eigenvalue weighted by Gasteiger charge is 2.60. The Kier molecular flexibility index (Phi) is 4.33. The second-order valence-corrected chi connectivity index (χ2v) is 9.90. The Hall–Kier alpha value is -0.770. The van der Waals surface area contributed by atoms with Crippen LogP contribution >= 0.6 is 0 Å². The number of ether oxygens (including phenoxy) is 1. The lowest BCUT2D eigenvalue weighted by molar-refractivity contribution is -0.123. The van der Waals surface area contributed by atoms with Gasteiger partial charge in [-0.15, -0.1) is 0 Å². The Bertz CT molecular complexity index is 537. The molecule has 4 aliphatic carbocycles. The molecule has 0 aromatic heterocycles. The number of aliphatic hydroxyl groups is 1. The van der Waals surface area contributed by atoms with Gasteiger partial charge in [0.15, 0.2) is 0 Å². The van der Waals surface area contributed by atoms with Gasteiger partial charge < -0.3 is 15.2 Å². The van der Waals surface area contributed by atoms with E-state index in [1.807, 2.05) is 0 Å². The summed E-state index contributed by atoms with van der Waals surface area (Å²) in [6.07, 6.45) is 10.3. The lowest BCUT2D eigenvalue weighted by Gasteiger charge is -2.60. The second-order valence-electron chi connectivity index (χ2n) is 9.90. The summed E-state index contributed by atoms with van der Waals surface area (Å²) in [5.74, 6) is 3.07. The highest BCUT2D eigenvalue weighted by Crippen LogP contribution is 2.66. The summed E-state index contributed by atoms with van der Waals surface area (Å²) < 4.78 is 4.87. The van der Waals surface area contributed by atoms with Crippen LogP contribution in [0.15, 0.2) is 0 Å². The van der Waals surface area contributed by atoms with Crippen LogP contribution < -0.4 is 5.32 Å². The van der Waals surface area contributed by atoms with Gasteiger partial charge in [-0.3, -0.25) is 0 Å². The first kappa shape index (κ1) is 17.6. The summed E-state index contributed by atoms with van der Waals surface area (Å²) in [6, 6.07) is 0.268. The topological polar surface area (TPSA) is 58.6 Å². The van der Waals surface area contributed by atoms with E-state index in [9.17, 15) is 9.90 Å². The minimum Gasteiger partial charge on any atom is -0.453 e. The van der Waals surface area contributed by atoms with E-state index >= 15 is 0 Å². The average molecular weight is 350 g/mol. The Morgan fingerprint density at radius 2 is 1.72 bits per heavy atom. The van der Waals surface area contributed by atoms with Crippen molar-refractivity contribution in [3.05, 3.63) is 0 Å². The largest absolute Gasteiger partial charge is 0.453 e. The Morgan fingerprint density at radius 1 is 1.00 bits per heavy atom. The molecule has 0 spiro atoms. The third kappa shape index (κ3) is 2.62. The fraction of sp³-hybridized carbons (Fsp3) is 0.952. The Morgan fingerprint density at radius 3 is 2.48 bits per heavy atom. The van der Waals surface area contributed by atoms with E-state index in [1.165, 1.54) is 45.6 Å². The molecule has 25 heavy (non-hydrogen) atoms. The third-order valence-electron chi connectivity index (χ3n) is 9.12. The van der Waals surface area contributed by atoms with Crippen molar-refractivity contribution in [2.45, 2.75) is 83.8 Å². The highest BCUT2D eigenvalue weighted by molar-refractivity contribution is 5.67. The van der Waals surface area contributed by atoms with Gasteiger partial charge >= 0.3 is 6.09 Å². The van der Waals surface area contributed by atoms with Gasteiger partial charge in [0, 0.05) is 6.04 Å². The van der Waals surface area contributed by atoms with Gasteiger partial charge in [-0.25, -0.2) is 4.79 Å². The standard InChI is InChI=1S/C21H35NO3/c1-20-10-8-14(23)12-13(20)4-5-15-16-6-7-18(22-19(24)25-3)21(16,2)11-9-17(15)20/h13-18,23H,4-12H2,1-3H3,(H,22,24)/t13-,14+,15-,16+,17+,18-,20-,21-/m0/s1. The molecule has 4 rings (SSSR count). The minimum atomic E-state index is -0.272. The van der Waals surface area contributed by atoms with E-state index in [2.05, 4.69) is 19.2 Å². The van der Waals surface area contributed by atoms with Gasteiger partial charge in [-0.05, 0) is 92.3 Å². The van der Waals surface area contributed by atoms with Gasteiger partial charge in [0.25, 0.3) is 0 Å². The molecule has 4 fully saturated rings. The summed E-state index contributed by atoms with van der Waals surface area (Å²) in [4.78, 5) is 11.8. The van der Waals surface area contributed by atoms with Crippen LogP contribution in [0.1, 0.15) is 71.6 Å². The molecule has 8 atom stereocenters. The second kappa shape index (κ2) is 6.14. The highest BCUT2D eigenvalue weighted by atomic mass is 16.5. The van der Waals surface area contributed by atoms with Crippen LogP contribution in [0.3, 0.4) is 0 Å². The number of amides is 1. The quantitative estimate of drug-likeness (QED) is 0.749. The maximum atomic E-state index is 11.8. The number of methoxy groups -OCH3 is 1. The molecule has 2 N–H and O–H groups in total. The third-order valence-corrected chi connectivity index (χ3v) is 9.12. The van der Waals surface area contributed by atoms with Crippen LogP contribution in [0.4, 0.5) is 4.79 Å². The van der Waals surface area contributed by atoms with Gasteiger partial charge in [0.05, 0.1) is 13.2 Å². The molecule has 0 aromatic carbocycles. The van der Waals surface area contributed by atoms with Crippen molar-refractivity contribution in [2.24, 2.45) is 34.5 Å². The molecule has 0 unspecified atom stereocenters. The molecule has 0 aromatic rings. The van der Waals surface area contributed by atoms with Gasteiger partial charge in [-0.1, -0.05) is 13.8 Å². The van der Waals surface area contributed by atoms with E-state index in [0.717, 1.165) is 37.0 Å². The van der Waals surface area contributed by atoms with E-state index in [4.69, 9.17) is 4.74 Å². The van der Waals surface area contributed by atoms with Crippen LogP contribution in [0.5, 0.6) is 0 Å². The predicted molar refractivity (Wildman–Crippen MR) is 97.1 cm³/mol. The summed E-state index contributed by atoms with van der Waals surface area (Å²) in [5.41, 5.74) is 0.657. The zero-order valence-corrected chi connectivity index (χ0v) is 16.1. The monoisotopic (exact) mass is 349 g/mol. The zero-order chi connectivity index (χ0) is 17.8. The smallest absolute Gasteiger partial charge is 0.407 e. The van der Waals surface area contributed by atoms with Gasteiger partial charge in [0.1, 0.15) is 0 Å². The van der Waals surface area contributed by atoms with E-state index in [1.54, 1.807) is 0 Å². The first-order valence-electron chi connectivity index (χ1n) is 10.4. The van der Waals surface area contributed by atoms with Gasteiger partial charge in [-0.2, -0.15) is 0 Å². The van der Waals surface area contributed by atoms with Crippen molar-refractivity contribution in [1.82, 2.24) is 5.32 Å². The summed E-state index contributed by atoms with van der Waals surface area (Å²) in [7, 11) is 1.46. The normalized spacial score (nSPS) is 51.8. The van der Waals surface area contributed by atoms with Crippen molar-refractivity contribution in [3.63, 3.8) is 0 Å². The van der Waals surface area contributed by atoms with Gasteiger partial charge in [0.2, 0.25) is 0 Å². The Labute approximate surface area is 152 Å². The predicted octanol–water partition coefficient (Wildman–Crippen LogP) is 4.11. The number of carbonyl (C=O) groups excluding carboxylic acids is 1. The van der Waals surface area contributed by atoms with Crippen LogP contribution in [0.25, 0.3) is 0 Å². The molecule has 4 nitrogen and oxygen atoms in total. The average Bonchev–Trinajstić information content (AvgIpc) is 2.92. The number of aliphatic hydroxyl groups excluding tert-OH is 1. The Balaban J connectivity index is 1.55. The van der Waals surface area contributed by atoms with Crippen LogP contribution in [-0.2, 0) is 4.74 Å². The molecule has 0 radical (unpaired) electrons. The maximum Gasteiger partial charge on any atom is 0.407 e. The SMILES string of the molecule is COC(=O)N[C@H]1CC[C@@H]2[C@@H]3CC[C@H]4C[C@H](O)CC[C@]4(C)[C@@H]3CC[C@]12C. The van der Waals surface area contributed by atoms with E-state index in [0.29, 0.717) is 11.3 Å². The molecular weight excluding hydrogens is 314 g/mol. The number of hydrogen-bond donors (Lipinski definition) is 2. The fourth-order valence-corrected chi connectivity index (χ4v) is 7.67. The number of hydrogen-bond acceptors (Lipinski definition) is 3. The lowest BCUT2D eigenvalue weighted by atomic mass is 9.45. The molecule has 4 heteroatoms. The van der Waals surface area contributed by atoms with E-state index in [-0.39, 0.29) is 23.7 Å². The van der Waals surface area contributed by atoms with Crippen LogP contribution in [0, 0.1) is 34.5 Å². The number of fused-ring (bicyclic) bond motifs is 5. The molecule has 4 aliphatic rings. The number of nitrogens with one attached hydrogen (secondary N) is 1. The number of alkyl carbamates (subject to hydrolysis) is 1. The first-order valence-corrected chi connectivity index (χ1v) is 10.4. The molecule has 0 heterocycles. The van der Waals surface area contributed by atoms with Crippen molar-refractivity contribution in [1.29, 1.82) is 0 Å². The fourth-order valence-electron chi connectivity index (χ4n) is 7.67. The van der Waals surface area contributed by atoms with Crippen molar-refractivity contribution >= 4 is 6.09 Å². The van der Waals surface area contributed by atoms with Crippen molar-refractivity contribution < 1.29 is 14.6 Å². The molecule has 1 amide bonds. The molecule has 142 valence electrons. The lowest BCUT2D eigenvalue weighted by Crippen LogP contribution is -2.56. The summed E-state index contributed by atoms with van der Waals surface area (Å²) in [5, 5.41) is 13.3. The summed E-state index contributed by atoms with van der Waals surface area (Å²) >= 11 is 0. The molecule has 0 aliphatic heterocycles. The number of carbonyl (C=O) groups is 1. The molecular formula is C21H35NO3. The maximum absolute atomic E-state index is 11.8. The molecule has 0 saturated heterocycles. The van der Waals surface area contributed by atoms with Crippen molar-refractivity contribution in [3.8, 4) is 0 Å². The van der Waals surface area contributed by atoms with Crippen molar-refractivity contribution in [2.75, 3.05) is 7.11 Å². The molecule has 4 saturated carbocycles. The van der Waals surface area contributed by atoms with Crippen LogP contribution in [-0.4, -0.2) is 30.5 Å².